The summed E-state index contributed by atoms with van der Waals surface area (Å²) in [5.41, 5.74) is -0.114. The molecule has 0 saturated carbocycles. The summed E-state index contributed by atoms with van der Waals surface area (Å²) in [6.07, 6.45) is -3.77. The first-order valence-electron chi connectivity index (χ1n) is 10.9. The molecular formula is C25H28F3N3O2. The molecule has 176 valence electrons. The van der Waals surface area contributed by atoms with Crippen molar-refractivity contribution in [2.45, 2.75) is 51.5 Å². The molecule has 0 amide bonds. The number of carbonyl (C=O) groups excluding carboxylic acids is 1. The van der Waals surface area contributed by atoms with E-state index in [1.807, 2.05) is 9.80 Å². The summed E-state index contributed by atoms with van der Waals surface area (Å²) in [5, 5.41) is 0. The standard InChI is InChI=1S/C25H28F3N3O2/c1-5-33-23(32)24(2,3)30-15-14-21(17-30)31(20-12-10-19(29-4)11-13-20)16-18-8-6-7-9-22(18)25(26,27)28/h6-13,21H,5,14-17H2,1-3H3/t21-/m0/s1. The fraction of sp³-hybridized carbons (Fsp3) is 0.440. The van der Waals surface area contributed by atoms with Crippen molar-refractivity contribution in [2.75, 3.05) is 24.6 Å². The number of nitrogens with zero attached hydrogens (tertiary/aromatic N) is 3. The van der Waals surface area contributed by atoms with Crippen LogP contribution >= 0.6 is 0 Å². The van der Waals surface area contributed by atoms with Crippen LogP contribution in [0.5, 0.6) is 0 Å². The van der Waals surface area contributed by atoms with Crippen LogP contribution in [-0.2, 0) is 22.3 Å². The molecule has 1 heterocycles. The Morgan fingerprint density at radius 3 is 2.45 bits per heavy atom. The monoisotopic (exact) mass is 459 g/mol. The molecule has 5 nitrogen and oxygen atoms in total. The summed E-state index contributed by atoms with van der Waals surface area (Å²) in [7, 11) is 0. The summed E-state index contributed by atoms with van der Waals surface area (Å²) in [6, 6.07) is 12.3. The van der Waals surface area contributed by atoms with Gasteiger partial charge in [-0.3, -0.25) is 9.69 Å². The summed E-state index contributed by atoms with van der Waals surface area (Å²) < 4.78 is 46.2. The predicted octanol–water partition coefficient (Wildman–Crippen LogP) is 5.68. The van der Waals surface area contributed by atoms with E-state index in [1.54, 1.807) is 51.1 Å². The average molecular weight is 460 g/mol. The first-order chi connectivity index (χ1) is 15.6. The molecule has 1 saturated heterocycles. The first-order valence-corrected chi connectivity index (χ1v) is 10.9. The quantitative estimate of drug-likeness (QED) is 0.394. The van der Waals surface area contributed by atoms with Crippen molar-refractivity contribution in [1.29, 1.82) is 0 Å². The van der Waals surface area contributed by atoms with Gasteiger partial charge in [-0.2, -0.15) is 13.2 Å². The predicted molar refractivity (Wildman–Crippen MR) is 121 cm³/mol. The molecule has 0 bridgehead atoms. The molecule has 0 unspecified atom stereocenters. The zero-order valence-electron chi connectivity index (χ0n) is 19.0. The van der Waals surface area contributed by atoms with Gasteiger partial charge in [-0.1, -0.05) is 30.3 Å². The van der Waals surface area contributed by atoms with Crippen LogP contribution < -0.4 is 4.90 Å². The average Bonchev–Trinajstić information content (AvgIpc) is 3.28. The van der Waals surface area contributed by atoms with E-state index < -0.39 is 17.3 Å². The molecule has 0 aliphatic carbocycles. The summed E-state index contributed by atoms with van der Waals surface area (Å²) in [5.74, 6) is -0.318. The maximum Gasteiger partial charge on any atom is 0.416 e. The van der Waals surface area contributed by atoms with Gasteiger partial charge in [0.1, 0.15) is 5.54 Å². The van der Waals surface area contributed by atoms with Crippen LogP contribution in [0, 0.1) is 6.57 Å². The van der Waals surface area contributed by atoms with E-state index in [4.69, 9.17) is 11.3 Å². The fourth-order valence-electron chi connectivity index (χ4n) is 4.21. The zero-order valence-corrected chi connectivity index (χ0v) is 19.0. The van der Waals surface area contributed by atoms with Crippen LogP contribution in [0.1, 0.15) is 38.3 Å². The van der Waals surface area contributed by atoms with Gasteiger partial charge in [-0.25, -0.2) is 4.85 Å². The van der Waals surface area contributed by atoms with Gasteiger partial charge in [0.2, 0.25) is 0 Å². The number of benzene rings is 2. The number of hydrogen-bond acceptors (Lipinski definition) is 4. The minimum absolute atomic E-state index is 0.0609. The Balaban J connectivity index is 1.93. The number of esters is 1. The second-order valence-corrected chi connectivity index (χ2v) is 8.58. The molecule has 0 spiro atoms. The van der Waals surface area contributed by atoms with Crippen molar-refractivity contribution >= 4 is 17.3 Å². The van der Waals surface area contributed by atoms with E-state index in [-0.39, 0.29) is 30.7 Å². The van der Waals surface area contributed by atoms with E-state index in [1.165, 1.54) is 12.1 Å². The lowest BCUT2D eigenvalue weighted by molar-refractivity contribution is -0.155. The number of rotatable bonds is 7. The highest BCUT2D eigenvalue weighted by atomic mass is 19.4. The Hall–Kier alpha value is -3.05. The number of likely N-dealkylation sites (tertiary alicyclic amines) is 1. The van der Waals surface area contributed by atoms with Crippen molar-refractivity contribution in [3.8, 4) is 0 Å². The molecule has 1 atom stereocenters. The molecule has 1 aliphatic heterocycles. The molecule has 8 heteroatoms. The Bertz CT molecular complexity index is 1010. The molecule has 2 aromatic carbocycles. The van der Waals surface area contributed by atoms with E-state index >= 15 is 0 Å². The lowest BCUT2D eigenvalue weighted by Crippen LogP contribution is -2.51. The highest BCUT2D eigenvalue weighted by Gasteiger charge is 2.42. The SMILES string of the molecule is [C-]#[N+]c1ccc(N(Cc2ccccc2C(F)(F)F)[C@H]2CCN(C(C)(C)C(=O)OCC)C2)cc1. The highest BCUT2D eigenvalue weighted by Crippen LogP contribution is 2.35. The molecule has 0 N–H and O–H groups in total. The van der Waals surface area contributed by atoms with Crippen molar-refractivity contribution in [2.24, 2.45) is 0 Å². The molecule has 1 fully saturated rings. The Labute approximate surface area is 192 Å². The number of alkyl halides is 3. The van der Waals surface area contributed by atoms with Gasteiger partial charge in [0.05, 0.1) is 18.7 Å². The third-order valence-electron chi connectivity index (χ3n) is 6.14. The fourth-order valence-corrected chi connectivity index (χ4v) is 4.21. The second-order valence-electron chi connectivity index (χ2n) is 8.58. The Morgan fingerprint density at radius 1 is 1.18 bits per heavy atom. The molecule has 0 radical (unpaired) electrons. The second kappa shape index (κ2) is 9.84. The van der Waals surface area contributed by atoms with Gasteiger partial charge in [-0.15, -0.1) is 0 Å². The zero-order chi connectivity index (χ0) is 24.2. The number of anilines is 1. The van der Waals surface area contributed by atoms with Gasteiger partial charge in [0.25, 0.3) is 0 Å². The maximum absolute atomic E-state index is 13.6. The number of hydrogen-bond donors (Lipinski definition) is 0. The molecular weight excluding hydrogens is 431 g/mol. The first kappa shape index (κ1) is 24.6. The largest absolute Gasteiger partial charge is 0.465 e. The van der Waals surface area contributed by atoms with E-state index in [9.17, 15) is 18.0 Å². The molecule has 3 rings (SSSR count). The van der Waals surface area contributed by atoms with Crippen molar-refractivity contribution in [1.82, 2.24) is 4.90 Å². The minimum Gasteiger partial charge on any atom is -0.465 e. The van der Waals surface area contributed by atoms with Crippen LogP contribution in [0.15, 0.2) is 48.5 Å². The van der Waals surface area contributed by atoms with Crippen LogP contribution in [-0.4, -0.2) is 42.1 Å². The van der Waals surface area contributed by atoms with E-state index in [2.05, 4.69) is 4.85 Å². The Morgan fingerprint density at radius 2 is 1.85 bits per heavy atom. The van der Waals surface area contributed by atoms with Crippen LogP contribution in [0.25, 0.3) is 4.85 Å². The van der Waals surface area contributed by atoms with Gasteiger partial charge in [-0.05, 0) is 51.0 Å². The lowest BCUT2D eigenvalue weighted by Gasteiger charge is -2.36. The highest BCUT2D eigenvalue weighted by molar-refractivity contribution is 5.79. The van der Waals surface area contributed by atoms with Crippen molar-refractivity contribution < 1.29 is 22.7 Å². The van der Waals surface area contributed by atoms with Gasteiger partial charge in [0.15, 0.2) is 5.69 Å². The third kappa shape index (κ3) is 5.48. The lowest BCUT2D eigenvalue weighted by atomic mass is 10.0. The summed E-state index contributed by atoms with van der Waals surface area (Å²) in [6.45, 7) is 14.0. The third-order valence-corrected chi connectivity index (χ3v) is 6.14. The van der Waals surface area contributed by atoms with Gasteiger partial charge < -0.3 is 9.64 Å². The molecule has 2 aromatic rings. The maximum atomic E-state index is 13.6. The molecule has 1 aliphatic rings. The van der Waals surface area contributed by atoms with Gasteiger partial charge in [0, 0.05) is 31.4 Å². The number of ether oxygens (including phenoxy) is 1. The van der Waals surface area contributed by atoms with E-state index in [0.717, 1.165) is 11.8 Å². The Kier molecular flexibility index (Phi) is 7.33. The van der Waals surface area contributed by atoms with Crippen LogP contribution in [0.2, 0.25) is 0 Å². The summed E-state index contributed by atoms with van der Waals surface area (Å²) in [4.78, 5) is 19.9. The summed E-state index contributed by atoms with van der Waals surface area (Å²) >= 11 is 0. The topological polar surface area (TPSA) is 37.1 Å². The normalized spacial score (nSPS) is 16.9. The molecule has 33 heavy (non-hydrogen) atoms. The number of halogens is 3. The van der Waals surface area contributed by atoms with Crippen LogP contribution in [0.4, 0.5) is 24.5 Å². The van der Waals surface area contributed by atoms with E-state index in [0.29, 0.717) is 25.2 Å². The molecule has 0 aromatic heterocycles. The minimum atomic E-state index is -4.45. The van der Waals surface area contributed by atoms with Crippen molar-refractivity contribution in [3.63, 3.8) is 0 Å². The van der Waals surface area contributed by atoms with Gasteiger partial charge >= 0.3 is 12.1 Å². The number of carbonyl (C=O) groups is 1. The smallest absolute Gasteiger partial charge is 0.416 e. The van der Waals surface area contributed by atoms with Crippen LogP contribution in [0.3, 0.4) is 0 Å². The van der Waals surface area contributed by atoms with Crippen molar-refractivity contribution in [3.05, 3.63) is 71.1 Å².